The van der Waals surface area contributed by atoms with Crippen molar-refractivity contribution in [2.45, 2.75) is 33.3 Å². The topological polar surface area (TPSA) is 95.5 Å². The summed E-state index contributed by atoms with van der Waals surface area (Å²) >= 11 is 0. The van der Waals surface area contributed by atoms with E-state index in [0.29, 0.717) is 29.2 Å². The summed E-state index contributed by atoms with van der Waals surface area (Å²) in [5, 5.41) is 3.95. The quantitative estimate of drug-likeness (QED) is 0.316. The van der Waals surface area contributed by atoms with Crippen molar-refractivity contribution in [3.8, 4) is 17.2 Å². The highest BCUT2D eigenvalue weighted by Crippen LogP contribution is 2.28. The fourth-order valence-corrected chi connectivity index (χ4v) is 2.33. The van der Waals surface area contributed by atoms with Gasteiger partial charge in [-0.05, 0) is 69.7 Å². The van der Waals surface area contributed by atoms with E-state index in [1.807, 2.05) is 6.92 Å². The number of amides is 1. The standard InChI is InChI=1S/C22H26N2O6/c1-6-28-17-9-7-8-16(13-17)20(25)24-23-14-15-10-11-18(19(12-15)27-5)29-21(26)30-22(2,3)4/h7-14H,6H2,1-5H3,(H,24,25). The van der Waals surface area contributed by atoms with Gasteiger partial charge >= 0.3 is 6.16 Å². The zero-order valence-corrected chi connectivity index (χ0v) is 17.7. The second-order valence-corrected chi connectivity index (χ2v) is 7.14. The van der Waals surface area contributed by atoms with Crippen molar-refractivity contribution in [2.75, 3.05) is 13.7 Å². The maximum Gasteiger partial charge on any atom is 0.514 e. The Bertz CT molecular complexity index is 918. The lowest BCUT2D eigenvalue weighted by Gasteiger charge is -2.19. The van der Waals surface area contributed by atoms with Crippen LogP contribution in [0.1, 0.15) is 43.6 Å². The molecule has 2 aromatic carbocycles. The van der Waals surface area contributed by atoms with Crippen LogP contribution >= 0.6 is 0 Å². The molecule has 0 aliphatic carbocycles. The third-order valence-electron chi connectivity index (χ3n) is 3.56. The maximum absolute atomic E-state index is 12.2. The number of carbonyl (C=O) groups excluding carboxylic acids is 2. The number of benzene rings is 2. The van der Waals surface area contributed by atoms with Crippen LogP contribution in [0.2, 0.25) is 0 Å². The maximum atomic E-state index is 12.2. The smallest absolute Gasteiger partial charge is 0.494 e. The monoisotopic (exact) mass is 414 g/mol. The number of carbonyl (C=O) groups is 2. The molecule has 1 amide bonds. The van der Waals surface area contributed by atoms with Crippen LogP contribution in [-0.4, -0.2) is 37.6 Å². The molecule has 0 aromatic heterocycles. The number of nitrogens with zero attached hydrogens (tertiary/aromatic N) is 1. The minimum atomic E-state index is -0.830. The van der Waals surface area contributed by atoms with Crippen molar-refractivity contribution in [3.63, 3.8) is 0 Å². The molecular weight excluding hydrogens is 388 g/mol. The number of hydrazone groups is 1. The molecule has 0 saturated carbocycles. The lowest BCUT2D eigenvalue weighted by atomic mass is 10.2. The van der Waals surface area contributed by atoms with Gasteiger partial charge in [0, 0.05) is 5.56 Å². The number of nitrogens with one attached hydrogen (secondary N) is 1. The predicted molar refractivity (Wildman–Crippen MR) is 113 cm³/mol. The third kappa shape index (κ3) is 7.12. The first kappa shape index (κ1) is 22.7. The van der Waals surface area contributed by atoms with Crippen molar-refractivity contribution < 1.29 is 28.5 Å². The Morgan fingerprint density at radius 1 is 1.10 bits per heavy atom. The highest BCUT2D eigenvalue weighted by Gasteiger charge is 2.19. The Morgan fingerprint density at radius 2 is 1.87 bits per heavy atom. The van der Waals surface area contributed by atoms with Gasteiger partial charge in [0.05, 0.1) is 19.9 Å². The minimum absolute atomic E-state index is 0.209. The second kappa shape index (κ2) is 10.3. The molecule has 0 atom stereocenters. The largest absolute Gasteiger partial charge is 0.514 e. The van der Waals surface area contributed by atoms with Gasteiger partial charge in [-0.1, -0.05) is 6.07 Å². The Morgan fingerprint density at radius 3 is 2.53 bits per heavy atom. The van der Waals surface area contributed by atoms with E-state index in [1.165, 1.54) is 13.3 Å². The zero-order valence-electron chi connectivity index (χ0n) is 17.7. The number of hydrogen-bond acceptors (Lipinski definition) is 7. The molecule has 1 N–H and O–H groups in total. The highest BCUT2D eigenvalue weighted by molar-refractivity contribution is 5.95. The Hall–Kier alpha value is -3.55. The van der Waals surface area contributed by atoms with Crippen molar-refractivity contribution >= 4 is 18.3 Å². The Kier molecular flexibility index (Phi) is 7.80. The van der Waals surface area contributed by atoms with E-state index >= 15 is 0 Å². The second-order valence-electron chi connectivity index (χ2n) is 7.14. The summed E-state index contributed by atoms with van der Waals surface area (Å²) in [5.74, 6) is 0.769. The molecule has 0 bridgehead atoms. The van der Waals surface area contributed by atoms with Crippen LogP contribution in [0.15, 0.2) is 47.6 Å². The molecule has 0 heterocycles. The molecule has 8 heteroatoms. The van der Waals surface area contributed by atoms with E-state index in [4.69, 9.17) is 18.9 Å². The molecule has 0 saturated heterocycles. The van der Waals surface area contributed by atoms with Gasteiger partial charge in [-0.3, -0.25) is 4.79 Å². The molecule has 0 radical (unpaired) electrons. The van der Waals surface area contributed by atoms with E-state index in [0.717, 1.165) is 0 Å². The van der Waals surface area contributed by atoms with E-state index in [9.17, 15) is 9.59 Å². The normalized spacial score (nSPS) is 11.1. The van der Waals surface area contributed by atoms with Crippen LogP contribution < -0.4 is 19.6 Å². The molecule has 0 unspecified atom stereocenters. The molecule has 2 aromatic rings. The number of methoxy groups -OCH3 is 1. The summed E-state index contributed by atoms with van der Waals surface area (Å²) in [6, 6.07) is 11.6. The molecule has 160 valence electrons. The summed E-state index contributed by atoms with van der Waals surface area (Å²) in [6.07, 6.45) is 0.619. The first-order valence-electron chi connectivity index (χ1n) is 9.37. The van der Waals surface area contributed by atoms with E-state index in [-0.39, 0.29) is 11.7 Å². The number of hydrogen-bond donors (Lipinski definition) is 1. The van der Waals surface area contributed by atoms with Gasteiger partial charge in [0.15, 0.2) is 11.5 Å². The van der Waals surface area contributed by atoms with Crippen LogP contribution in [0.25, 0.3) is 0 Å². The van der Waals surface area contributed by atoms with Gasteiger partial charge in [-0.15, -0.1) is 0 Å². The average Bonchev–Trinajstić information content (AvgIpc) is 2.68. The molecule has 0 fully saturated rings. The van der Waals surface area contributed by atoms with Gasteiger partial charge < -0.3 is 18.9 Å². The fraction of sp³-hybridized carbons (Fsp3) is 0.318. The van der Waals surface area contributed by atoms with E-state index < -0.39 is 11.8 Å². The molecular formula is C22H26N2O6. The highest BCUT2D eigenvalue weighted by atomic mass is 16.7. The summed E-state index contributed by atoms with van der Waals surface area (Å²) < 4.78 is 21.0. The minimum Gasteiger partial charge on any atom is -0.494 e. The van der Waals surface area contributed by atoms with Crippen molar-refractivity contribution in [1.82, 2.24) is 5.43 Å². The van der Waals surface area contributed by atoms with E-state index in [2.05, 4.69) is 10.5 Å². The van der Waals surface area contributed by atoms with Crippen LogP contribution in [-0.2, 0) is 4.74 Å². The van der Waals surface area contributed by atoms with Gasteiger partial charge in [0.1, 0.15) is 11.4 Å². The van der Waals surface area contributed by atoms with Gasteiger partial charge in [0.25, 0.3) is 5.91 Å². The van der Waals surface area contributed by atoms with Crippen LogP contribution in [0.5, 0.6) is 17.2 Å². The van der Waals surface area contributed by atoms with E-state index in [1.54, 1.807) is 63.2 Å². The summed E-state index contributed by atoms with van der Waals surface area (Å²) in [6.45, 7) is 7.61. The predicted octanol–water partition coefficient (Wildman–Crippen LogP) is 4.17. The first-order chi connectivity index (χ1) is 14.2. The van der Waals surface area contributed by atoms with Gasteiger partial charge in [-0.2, -0.15) is 5.10 Å². The first-order valence-corrected chi connectivity index (χ1v) is 9.37. The van der Waals surface area contributed by atoms with Crippen molar-refractivity contribution in [1.29, 1.82) is 0 Å². The fourth-order valence-electron chi connectivity index (χ4n) is 2.33. The molecule has 0 aliphatic rings. The van der Waals surface area contributed by atoms with Crippen LogP contribution in [0.4, 0.5) is 4.79 Å². The lowest BCUT2D eigenvalue weighted by molar-refractivity contribution is 0.0201. The molecule has 0 aliphatic heterocycles. The molecule has 0 spiro atoms. The number of ether oxygens (including phenoxy) is 4. The third-order valence-corrected chi connectivity index (χ3v) is 3.56. The summed E-state index contributed by atoms with van der Waals surface area (Å²) in [5.41, 5.74) is 2.85. The Labute approximate surface area is 175 Å². The molecule has 2 rings (SSSR count). The van der Waals surface area contributed by atoms with Crippen molar-refractivity contribution in [3.05, 3.63) is 53.6 Å². The number of rotatable bonds is 7. The zero-order chi connectivity index (χ0) is 22.1. The average molecular weight is 414 g/mol. The SMILES string of the molecule is CCOc1cccc(C(=O)NN=Cc2ccc(OC(=O)OC(C)(C)C)c(OC)c2)c1. The van der Waals surface area contributed by atoms with Crippen LogP contribution in [0.3, 0.4) is 0 Å². The van der Waals surface area contributed by atoms with Crippen LogP contribution in [0, 0.1) is 0 Å². The Balaban J connectivity index is 2.02. The van der Waals surface area contributed by atoms with Gasteiger partial charge in [0.2, 0.25) is 0 Å². The summed E-state index contributed by atoms with van der Waals surface area (Å²) in [7, 11) is 1.45. The lowest BCUT2D eigenvalue weighted by Crippen LogP contribution is -2.26. The van der Waals surface area contributed by atoms with Crippen molar-refractivity contribution in [2.24, 2.45) is 5.10 Å². The van der Waals surface area contributed by atoms with Gasteiger partial charge in [-0.25, -0.2) is 10.2 Å². The molecule has 30 heavy (non-hydrogen) atoms. The summed E-state index contributed by atoms with van der Waals surface area (Å²) in [4.78, 5) is 24.1. The molecule has 8 nitrogen and oxygen atoms in total.